The maximum absolute atomic E-state index is 13.8. The number of benzene rings is 1. The first-order valence-corrected chi connectivity index (χ1v) is 10.9. The Labute approximate surface area is 172 Å². The molecule has 3 atom stereocenters. The maximum Gasteiger partial charge on any atom is 0.236 e. The van der Waals surface area contributed by atoms with E-state index in [9.17, 15) is 14.0 Å². The standard InChI is InChI=1S/C23H32FN3O2/c1-16(28)27-13-18-12-26(15-22(29)25(2)20-9-4-3-5-10-20)14-21(18)23(27)17-7-6-8-19(24)11-17/h6-8,11,18,20-21,23H,3-5,9-10,12-15H2,1-2H3/t18-,21-,23-/m1/s1. The first-order valence-electron chi connectivity index (χ1n) is 10.9. The molecule has 1 aliphatic carbocycles. The van der Waals surface area contributed by atoms with Gasteiger partial charge in [-0.2, -0.15) is 0 Å². The molecule has 3 fully saturated rings. The number of halogens is 1. The number of likely N-dealkylation sites (N-methyl/N-ethyl adjacent to an activating group) is 1. The van der Waals surface area contributed by atoms with Gasteiger partial charge in [-0.1, -0.05) is 31.4 Å². The van der Waals surface area contributed by atoms with Crippen LogP contribution >= 0.6 is 0 Å². The van der Waals surface area contributed by atoms with Crippen LogP contribution in [0, 0.1) is 17.7 Å². The number of nitrogens with zero attached hydrogens (tertiary/aromatic N) is 3. The van der Waals surface area contributed by atoms with Crippen molar-refractivity contribution in [2.24, 2.45) is 11.8 Å². The zero-order valence-electron chi connectivity index (χ0n) is 17.5. The highest BCUT2D eigenvalue weighted by Gasteiger charge is 2.48. The van der Waals surface area contributed by atoms with Gasteiger partial charge in [0.2, 0.25) is 11.8 Å². The molecule has 6 heteroatoms. The molecule has 1 aromatic carbocycles. The topological polar surface area (TPSA) is 43.9 Å². The summed E-state index contributed by atoms with van der Waals surface area (Å²) in [5.41, 5.74) is 0.861. The summed E-state index contributed by atoms with van der Waals surface area (Å²) in [6, 6.07) is 6.89. The van der Waals surface area contributed by atoms with Crippen molar-refractivity contribution in [2.45, 2.75) is 51.1 Å². The van der Waals surface area contributed by atoms with Gasteiger partial charge >= 0.3 is 0 Å². The molecule has 29 heavy (non-hydrogen) atoms. The van der Waals surface area contributed by atoms with E-state index in [1.165, 1.54) is 25.3 Å². The number of amides is 2. The molecule has 1 saturated carbocycles. The van der Waals surface area contributed by atoms with Crippen molar-refractivity contribution in [2.75, 3.05) is 33.2 Å². The molecular formula is C23H32FN3O2. The summed E-state index contributed by atoms with van der Waals surface area (Å²) in [5, 5.41) is 0. The average Bonchev–Trinajstić information content (AvgIpc) is 3.25. The Morgan fingerprint density at radius 3 is 2.59 bits per heavy atom. The molecule has 1 aromatic rings. The first kappa shape index (κ1) is 20.3. The quantitative estimate of drug-likeness (QED) is 0.779. The summed E-state index contributed by atoms with van der Waals surface area (Å²) < 4.78 is 13.8. The number of carbonyl (C=O) groups is 2. The largest absolute Gasteiger partial charge is 0.342 e. The molecule has 0 aromatic heterocycles. The molecule has 2 saturated heterocycles. The Bertz CT molecular complexity index is 764. The molecule has 2 amide bonds. The summed E-state index contributed by atoms with van der Waals surface area (Å²) >= 11 is 0. The fraction of sp³-hybridized carbons (Fsp3) is 0.652. The molecule has 2 heterocycles. The Morgan fingerprint density at radius 2 is 1.90 bits per heavy atom. The third kappa shape index (κ3) is 4.18. The molecule has 2 aliphatic heterocycles. The Kier molecular flexibility index (Phi) is 5.91. The van der Waals surface area contributed by atoms with Crippen molar-refractivity contribution < 1.29 is 14.0 Å². The van der Waals surface area contributed by atoms with Crippen LogP contribution in [0.3, 0.4) is 0 Å². The summed E-state index contributed by atoms with van der Waals surface area (Å²) in [6.07, 6.45) is 5.94. The predicted molar refractivity (Wildman–Crippen MR) is 110 cm³/mol. The van der Waals surface area contributed by atoms with Crippen molar-refractivity contribution >= 4 is 11.8 Å². The van der Waals surface area contributed by atoms with E-state index in [4.69, 9.17) is 0 Å². The average molecular weight is 402 g/mol. The van der Waals surface area contributed by atoms with Gasteiger partial charge in [-0.3, -0.25) is 14.5 Å². The fourth-order valence-corrected chi connectivity index (χ4v) is 5.68. The molecular weight excluding hydrogens is 369 g/mol. The van der Waals surface area contributed by atoms with E-state index < -0.39 is 0 Å². The second-order valence-electron chi connectivity index (χ2n) is 9.09. The van der Waals surface area contributed by atoms with E-state index in [0.717, 1.165) is 31.5 Å². The van der Waals surface area contributed by atoms with Crippen LogP contribution in [0.4, 0.5) is 4.39 Å². The van der Waals surface area contributed by atoms with Gasteiger partial charge in [0.1, 0.15) is 5.82 Å². The number of rotatable bonds is 4. The van der Waals surface area contributed by atoms with Crippen LogP contribution in [-0.2, 0) is 9.59 Å². The van der Waals surface area contributed by atoms with E-state index in [0.29, 0.717) is 25.0 Å². The van der Waals surface area contributed by atoms with Gasteiger partial charge in [-0.15, -0.1) is 0 Å². The lowest BCUT2D eigenvalue weighted by atomic mass is 9.89. The highest BCUT2D eigenvalue weighted by Crippen LogP contribution is 2.45. The fourth-order valence-electron chi connectivity index (χ4n) is 5.68. The highest BCUT2D eigenvalue weighted by atomic mass is 19.1. The summed E-state index contributed by atoms with van der Waals surface area (Å²) in [4.78, 5) is 31.2. The molecule has 0 unspecified atom stereocenters. The predicted octanol–water partition coefficient (Wildman–Crippen LogP) is 3.07. The van der Waals surface area contributed by atoms with Gasteiger partial charge in [-0.25, -0.2) is 4.39 Å². The zero-order valence-corrected chi connectivity index (χ0v) is 17.5. The number of hydrogen-bond donors (Lipinski definition) is 0. The summed E-state index contributed by atoms with van der Waals surface area (Å²) in [7, 11) is 1.95. The minimum atomic E-state index is -0.270. The highest BCUT2D eigenvalue weighted by molar-refractivity contribution is 5.78. The summed E-state index contributed by atoms with van der Waals surface area (Å²) in [5.74, 6) is 0.540. The first-order chi connectivity index (χ1) is 13.9. The number of likely N-dealkylation sites (tertiary alicyclic amines) is 2. The van der Waals surface area contributed by atoms with Crippen molar-refractivity contribution in [3.8, 4) is 0 Å². The van der Waals surface area contributed by atoms with E-state index in [2.05, 4.69) is 4.90 Å². The van der Waals surface area contributed by atoms with Crippen LogP contribution in [-0.4, -0.2) is 65.8 Å². The third-order valence-electron chi connectivity index (χ3n) is 7.21. The summed E-state index contributed by atoms with van der Waals surface area (Å²) in [6.45, 7) is 4.32. The molecule has 158 valence electrons. The maximum atomic E-state index is 13.8. The van der Waals surface area contributed by atoms with Crippen LogP contribution in [0.1, 0.15) is 50.6 Å². The second-order valence-corrected chi connectivity index (χ2v) is 9.09. The third-order valence-corrected chi connectivity index (χ3v) is 7.21. The van der Waals surface area contributed by atoms with Crippen LogP contribution < -0.4 is 0 Å². The van der Waals surface area contributed by atoms with E-state index in [1.54, 1.807) is 19.1 Å². The van der Waals surface area contributed by atoms with Crippen LogP contribution in [0.15, 0.2) is 24.3 Å². The smallest absolute Gasteiger partial charge is 0.236 e. The van der Waals surface area contributed by atoms with Gasteiger partial charge in [0.15, 0.2) is 0 Å². The molecule has 4 rings (SSSR count). The SMILES string of the molecule is CC(=O)N1C[C@H]2CN(CC(=O)N(C)C3CCCCC3)C[C@H]2[C@H]1c1cccc(F)c1. The molecule has 0 radical (unpaired) electrons. The molecule has 5 nitrogen and oxygen atoms in total. The van der Waals surface area contributed by atoms with Gasteiger partial charge < -0.3 is 9.80 Å². The van der Waals surface area contributed by atoms with Crippen molar-refractivity contribution in [3.63, 3.8) is 0 Å². The number of carbonyl (C=O) groups excluding carboxylic acids is 2. The minimum Gasteiger partial charge on any atom is -0.342 e. The molecule has 0 bridgehead atoms. The van der Waals surface area contributed by atoms with E-state index >= 15 is 0 Å². The number of hydrogen-bond acceptors (Lipinski definition) is 3. The van der Waals surface area contributed by atoms with E-state index in [1.807, 2.05) is 22.9 Å². The van der Waals surface area contributed by atoms with E-state index in [-0.39, 0.29) is 29.6 Å². The lowest BCUT2D eigenvalue weighted by Crippen LogP contribution is -2.44. The minimum absolute atomic E-state index is 0.0355. The van der Waals surface area contributed by atoms with Crippen LogP contribution in [0.25, 0.3) is 0 Å². The molecule has 0 N–H and O–H groups in total. The van der Waals surface area contributed by atoms with Crippen molar-refractivity contribution in [3.05, 3.63) is 35.6 Å². The Hall–Kier alpha value is -1.95. The lowest BCUT2D eigenvalue weighted by Gasteiger charge is -2.33. The van der Waals surface area contributed by atoms with Crippen molar-refractivity contribution in [1.82, 2.24) is 14.7 Å². The monoisotopic (exact) mass is 401 g/mol. The normalized spacial score (nSPS) is 27.8. The Balaban J connectivity index is 1.43. The van der Waals surface area contributed by atoms with Crippen LogP contribution in [0.5, 0.6) is 0 Å². The molecule has 0 spiro atoms. The number of fused-ring (bicyclic) bond motifs is 1. The molecule has 3 aliphatic rings. The van der Waals surface area contributed by atoms with Gasteiger partial charge in [0.25, 0.3) is 0 Å². The zero-order chi connectivity index (χ0) is 20.5. The van der Waals surface area contributed by atoms with Crippen molar-refractivity contribution in [1.29, 1.82) is 0 Å². The van der Waals surface area contributed by atoms with Gasteiger partial charge in [0, 0.05) is 45.6 Å². The van der Waals surface area contributed by atoms with Gasteiger partial charge in [-0.05, 0) is 36.5 Å². The lowest BCUT2D eigenvalue weighted by molar-refractivity contribution is -0.134. The second kappa shape index (κ2) is 8.42. The van der Waals surface area contributed by atoms with Crippen LogP contribution in [0.2, 0.25) is 0 Å². The Morgan fingerprint density at radius 1 is 1.14 bits per heavy atom. The van der Waals surface area contributed by atoms with Gasteiger partial charge in [0.05, 0.1) is 12.6 Å².